The molecule has 0 spiro atoms. The van der Waals surface area contributed by atoms with Crippen molar-refractivity contribution in [3.8, 4) is 5.75 Å². The first-order valence-corrected chi connectivity index (χ1v) is 8.71. The average Bonchev–Trinajstić information content (AvgIpc) is 2.67. The van der Waals surface area contributed by atoms with Gasteiger partial charge in [-0.05, 0) is 56.2 Å². The number of benzene rings is 2. The number of esters is 1. The summed E-state index contributed by atoms with van der Waals surface area (Å²) < 4.78 is 24.2. The van der Waals surface area contributed by atoms with E-state index in [1.165, 1.54) is 13.2 Å². The van der Waals surface area contributed by atoms with Crippen LogP contribution in [0.4, 0.5) is 10.1 Å². The van der Waals surface area contributed by atoms with Crippen LogP contribution in [0.25, 0.3) is 0 Å². The number of carbonyl (C=O) groups excluding carboxylic acids is 1. The summed E-state index contributed by atoms with van der Waals surface area (Å²) in [5, 5.41) is 0. The molecule has 0 unspecified atom stereocenters. The highest BCUT2D eigenvalue weighted by Gasteiger charge is 2.15. The van der Waals surface area contributed by atoms with Crippen LogP contribution in [-0.4, -0.2) is 37.9 Å². The summed E-state index contributed by atoms with van der Waals surface area (Å²) in [6.07, 6.45) is 1.76. The van der Waals surface area contributed by atoms with Crippen molar-refractivity contribution in [1.82, 2.24) is 4.90 Å². The minimum Gasteiger partial charge on any atom is -0.497 e. The van der Waals surface area contributed by atoms with Crippen molar-refractivity contribution in [3.63, 3.8) is 0 Å². The summed E-state index contributed by atoms with van der Waals surface area (Å²) in [6, 6.07) is 7.91. The van der Waals surface area contributed by atoms with Crippen LogP contribution in [0.2, 0.25) is 0 Å². The average molecular weight is 372 g/mol. The number of hydrogen-bond donors (Lipinski definition) is 0. The highest BCUT2D eigenvalue weighted by Crippen LogP contribution is 2.25. The number of halogens is 1. The second-order valence-corrected chi connectivity index (χ2v) is 6.23. The van der Waals surface area contributed by atoms with Gasteiger partial charge in [0.25, 0.3) is 0 Å². The summed E-state index contributed by atoms with van der Waals surface area (Å²) >= 11 is 0. The summed E-state index contributed by atoms with van der Waals surface area (Å²) in [5.41, 5.74) is 3.24. The van der Waals surface area contributed by atoms with Gasteiger partial charge in [-0.2, -0.15) is 0 Å². The Morgan fingerprint density at radius 2 is 1.96 bits per heavy atom. The fraction of sp³-hybridized carbons (Fsp3) is 0.333. The molecule has 0 bridgehead atoms. The number of nitrogens with zero attached hydrogens (tertiary/aromatic N) is 2. The molecule has 0 amide bonds. The third-order valence-corrected chi connectivity index (χ3v) is 4.49. The minimum atomic E-state index is -0.493. The molecule has 0 radical (unpaired) electrons. The van der Waals surface area contributed by atoms with Gasteiger partial charge in [-0.25, -0.2) is 14.2 Å². The lowest BCUT2D eigenvalue weighted by Gasteiger charge is -2.13. The number of rotatable bonds is 7. The van der Waals surface area contributed by atoms with Crippen LogP contribution in [-0.2, 0) is 11.3 Å². The summed E-state index contributed by atoms with van der Waals surface area (Å²) in [4.78, 5) is 18.8. The molecule has 0 atom stereocenters. The first-order valence-electron chi connectivity index (χ1n) is 8.71. The Morgan fingerprint density at radius 3 is 2.59 bits per heavy atom. The number of aliphatic imine (C=N–C) groups is 1. The lowest BCUT2D eigenvalue weighted by molar-refractivity contribution is 0.0468. The molecule has 0 saturated carbocycles. The van der Waals surface area contributed by atoms with Gasteiger partial charge in [-0.3, -0.25) is 0 Å². The molecule has 144 valence electrons. The van der Waals surface area contributed by atoms with Gasteiger partial charge in [0.15, 0.2) is 0 Å². The maximum Gasteiger partial charge on any atom is 0.338 e. The van der Waals surface area contributed by atoms with Crippen molar-refractivity contribution >= 4 is 18.0 Å². The molecule has 0 fully saturated rings. The smallest absolute Gasteiger partial charge is 0.338 e. The molecule has 6 heteroatoms. The van der Waals surface area contributed by atoms with Gasteiger partial charge in [0.2, 0.25) is 0 Å². The van der Waals surface area contributed by atoms with Crippen LogP contribution in [0.3, 0.4) is 0 Å². The predicted molar refractivity (Wildman–Crippen MR) is 104 cm³/mol. The fourth-order valence-corrected chi connectivity index (χ4v) is 2.40. The van der Waals surface area contributed by atoms with Crippen molar-refractivity contribution in [2.45, 2.75) is 27.4 Å². The molecule has 2 aromatic carbocycles. The molecular weight excluding hydrogens is 347 g/mol. The van der Waals surface area contributed by atoms with Crippen molar-refractivity contribution < 1.29 is 18.7 Å². The largest absolute Gasteiger partial charge is 0.497 e. The van der Waals surface area contributed by atoms with Crippen LogP contribution in [0.1, 0.15) is 34.0 Å². The summed E-state index contributed by atoms with van der Waals surface area (Å²) in [6.45, 7) is 6.51. The van der Waals surface area contributed by atoms with E-state index in [1.54, 1.807) is 30.6 Å². The van der Waals surface area contributed by atoms with Crippen LogP contribution >= 0.6 is 0 Å². The van der Waals surface area contributed by atoms with Crippen LogP contribution in [0.5, 0.6) is 5.75 Å². The SMILES string of the molecule is CCN(C)/C=N/c1ccc(C(=O)OCc2ccc(OC)cc2F)c(C)c1C. The second-order valence-electron chi connectivity index (χ2n) is 6.23. The Labute approximate surface area is 159 Å². The van der Waals surface area contributed by atoms with Crippen molar-refractivity contribution in [2.24, 2.45) is 4.99 Å². The lowest BCUT2D eigenvalue weighted by atomic mass is 10.0. The molecule has 2 rings (SSSR count). The highest BCUT2D eigenvalue weighted by atomic mass is 19.1. The molecule has 0 saturated heterocycles. The van der Waals surface area contributed by atoms with Crippen LogP contribution in [0, 0.1) is 19.7 Å². The van der Waals surface area contributed by atoms with Crippen molar-refractivity contribution in [1.29, 1.82) is 0 Å². The zero-order valence-corrected chi connectivity index (χ0v) is 16.4. The van der Waals surface area contributed by atoms with E-state index in [-0.39, 0.29) is 6.61 Å². The summed E-state index contributed by atoms with van der Waals surface area (Å²) in [7, 11) is 3.41. The number of ether oxygens (including phenoxy) is 2. The van der Waals surface area contributed by atoms with Crippen LogP contribution < -0.4 is 4.74 Å². The molecule has 0 aliphatic carbocycles. The molecule has 27 heavy (non-hydrogen) atoms. The molecule has 0 aliphatic rings. The van der Waals surface area contributed by atoms with Crippen molar-refractivity contribution in [3.05, 3.63) is 58.4 Å². The molecule has 0 heterocycles. The van der Waals surface area contributed by atoms with E-state index in [2.05, 4.69) is 4.99 Å². The molecule has 2 aromatic rings. The van der Waals surface area contributed by atoms with Gasteiger partial charge in [0.1, 0.15) is 18.2 Å². The maximum absolute atomic E-state index is 14.0. The van der Waals surface area contributed by atoms with Crippen LogP contribution in [0.15, 0.2) is 35.3 Å². The Kier molecular flexibility index (Phi) is 6.93. The number of hydrogen-bond acceptors (Lipinski definition) is 4. The Morgan fingerprint density at radius 1 is 1.22 bits per heavy atom. The third-order valence-electron chi connectivity index (χ3n) is 4.49. The van der Waals surface area contributed by atoms with Gasteiger partial charge in [0.05, 0.1) is 24.7 Å². The number of carbonyl (C=O) groups is 1. The van der Waals surface area contributed by atoms with Gasteiger partial charge in [0, 0.05) is 25.2 Å². The van der Waals surface area contributed by atoms with E-state index in [0.29, 0.717) is 16.9 Å². The molecule has 0 aromatic heterocycles. The monoisotopic (exact) mass is 372 g/mol. The van der Waals surface area contributed by atoms with E-state index in [9.17, 15) is 9.18 Å². The third kappa shape index (κ3) is 5.06. The molecule has 0 N–H and O–H groups in total. The molecular formula is C21H25FN2O3. The van der Waals surface area contributed by atoms with Gasteiger partial charge in [-0.1, -0.05) is 0 Å². The Hall–Kier alpha value is -2.89. The standard InChI is InChI=1S/C21H25FN2O3/c1-6-24(4)13-23-20-10-9-18(14(2)15(20)3)21(25)27-12-16-7-8-17(26-5)11-19(16)22/h7-11,13H,6,12H2,1-5H3/b23-13+. The maximum atomic E-state index is 14.0. The quantitative estimate of drug-likeness (QED) is 0.410. The van der Waals surface area contributed by atoms with E-state index >= 15 is 0 Å². The second kappa shape index (κ2) is 9.16. The Bertz CT molecular complexity index is 850. The van der Waals surface area contributed by atoms with Gasteiger partial charge < -0.3 is 14.4 Å². The normalized spacial score (nSPS) is 10.9. The molecule has 5 nitrogen and oxygen atoms in total. The Balaban J connectivity index is 2.12. The predicted octanol–water partition coefficient (Wildman–Crippen LogP) is 4.42. The molecule has 0 aliphatic heterocycles. The van der Waals surface area contributed by atoms with E-state index < -0.39 is 11.8 Å². The van der Waals surface area contributed by atoms with E-state index in [0.717, 1.165) is 23.4 Å². The highest BCUT2D eigenvalue weighted by molar-refractivity contribution is 5.92. The summed E-state index contributed by atoms with van der Waals surface area (Å²) in [5.74, 6) is -0.550. The lowest BCUT2D eigenvalue weighted by Crippen LogP contribution is -2.14. The zero-order valence-electron chi connectivity index (χ0n) is 16.4. The van der Waals surface area contributed by atoms with Gasteiger partial charge >= 0.3 is 5.97 Å². The van der Waals surface area contributed by atoms with E-state index in [4.69, 9.17) is 9.47 Å². The number of methoxy groups -OCH3 is 1. The first-order chi connectivity index (χ1) is 12.9. The van der Waals surface area contributed by atoms with Gasteiger partial charge in [-0.15, -0.1) is 0 Å². The van der Waals surface area contributed by atoms with Crippen molar-refractivity contribution in [2.75, 3.05) is 20.7 Å². The first kappa shape index (κ1) is 20.4. The van der Waals surface area contributed by atoms with E-state index in [1.807, 2.05) is 32.7 Å². The minimum absolute atomic E-state index is 0.144. The fourth-order valence-electron chi connectivity index (χ4n) is 2.40. The topological polar surface area (TPSA) is 51.1 Å². The zero-order chi connectivity index (χ0) is 20.0.